The summed E-state index contributed by atoms with van der Waals surface area (Å²) in [7, 11) is 0. The Hall–Kier alpha value is -2.41. The van der Waals surface area contributed by atoms with Crippen molar-refractivity contribution in [1.82, 2.24) is 15.3 Å². The van der Waals surface area contributed by atoms with Crippen molar-refractivity contribution < 1.29 is 4.74 Å². The minimum absolute atomic E-state index is 0.640. The van der Waals surface area contributed by atoms with Crippen molar-refractivity contribution in [2.45, 2.75) is 32.1 Å². The zero-order chi connectivity index (χ0) is 18.0. The molecule has 7 heteroatoms. The fraction of sp³-hybridized carbons (Fsp3) is 0.421. The van der Waals surface area contributed by atoms with Gasteiger partial charge in [-0.2, -0.15) is 0 Å². The summed E-state index contributed by atoms with van der Waals surface area (Å²) in [5.74, 6) is 1.43. The van der Waals surface area contributed by atoms with Gasteiger partial charge in [0.2, 0.25) is 5.88 Å². The molecule has 3 rings (SSSR count). The zero-order valence-corrected chi connectivity index (χ0v) is 15.7. The first-order chi connectivity index (χ1) is 12.9. The Kier molecular flexibility index (Phi) is 7.01. The largest absolute Gasteiger partial charge is 0.477 e. The molecule has 0 atom stereocenters. The highest BCUT2D eigenvalue weighted by molar-refractivity contribution is 7.14. The van der Waals surface area contributed by atoms with Gasteiger partial charge in [-0.15, -0.1) is 17.9 Å². The molecule has 0 amide bonds. The summed E-state index contributed by atoms with van der Waals surface area (Å²) in [4.78, 5) is 13.5. The van der Waals surface area contributed by atoms with Crippen molar-refractivity contribution in [3.8, 4) is 17.1 Å². The van der Waals surface area contributed by atoms with Crippen LogP contribution in [0.25, 0.3) is 11.3 Å². The first-order valence-electron chi connectivity index (χ1n) is 9.07. The Labute approximate surface area is 158 Å². The molecule has 26 heavy (non-hydrogen) atoms. The molecule has 1 aliphatic heterocycles. The molecule has 0 fully saturated rings. The third-order valence-corrected chi connectivity index (χ3v) is 4.72. The number of guanidine groups is 1. The second-order valence-electron chi connectivity index (χ2n) is 6.02. The number of aromatic nitrogens is 2. The second-order valence-corrected chi connectivity index (χ2v) is 6.87. The molecule has 1 aliphatic rings. The summed E-state index contributed by atoms with van der Waals surface area (Å²) in [5, 5.41) is 9.30. The summed E-state index contributed by atoms with van der Waals surface area (Å²) in [6.07, 6.45) is 9.14. The Morgan fingerprint density at radius 1 is 1.35 bits per heavy atom. The van der Waals surface area contributed by atoms with Crippen molar-refractivity contribution in [1.29, 1.82) is 0 Å². The van der Waals surface area contributed by atoms with Crippen LogP contribution in [0, 0.1) is 0 Å². The predicted molar refractivity (Wildman–Crippen MR) is 108 cm³/mol. The number of unbranched alkanes of at least 4 members (excludes halogenated alkanes) is 3. The molecule has 6 nitrogen and oxygen atoms in total. The van der Waals surface area contributed by atoms with Crippen LogP contribution < -0.4 is 15.4 Å². The number of anilines is 1. The monoisotopic (exact) mass is 371 g/mol. The van der Waals surface area contributed by atoms with Crippen molar-refractivity contribution >= 4 is 22.4 Å². The van der Waals surface area contributed by atoms with Crippen LogP contribution >= 0.6 is 11.3 Å². The normalized spacial score (nSPS) is 13.6. The molecule has 0 spiro atoms. The van der Waals surface area contributed by atoms with E-state index < -0.39 is 0 Å². The second kappa shape index (κ2) is 9.91. The smallest absolute Gasteiger partial charge is 0.222 e. The van der Waals surface area contributed by atoms with Gasteiger partial charge in [0, 0.05) is 24.7 Å². The Bertz CT molecular complexity index is 743. The lowest BCUT2D eigenvalue weighted by atomic mass is 10.2. The number of pyridine rings is 1. The molecular formula is C19H25N5OS. The standard InChI is InChI=1S/C19H25N5OS/c1-2-3-4-5-6-13-25-17-15(9-7-10-20-17)16-14-26-19(23-16)24-18-21-11-8-12-22-18/h2,7,9-10,14H,1,3-6,8,11-13H2,(H2,21,22,23,24). The van der Waals surface area contributed by atoms with Crippen LogP contribution in [0.5, 0.6) is 5.88 Å². The van der Waals surface area contributed by atoms with E-state index in [1.54, 1.807) is 17.5 Å². The van der Waals surface area contributed by atoms with Crippen LogP contribution in [0.4, 0.5) is 5.13 Å². The highest BCUT2D eigenvalue weighted by Crippen LogP contribution is 2.30. The molecular weight excluding hydrogens is 346 g/mol. The number of nitrogens with zero attached hydrogens (tertiary/aromatic N) is 3. The maximum Gasteiger partial charge on any atom is 0.222 e. The number of hydrogen-bond donors (Lipinski definition) is 2. The van der Waals surface area contributed by atoms with Gasteiger partial charge in [0.05, 0.1) is 17.9 Å². The summed E-state index contributed by atoms with van der Waals surface area (Å²) >= 11 is 1.55. The van der Waals surface area contributed by atoms with Gasteiger partial charge in [-0.25, -0.2) is 9.97 Å². The third-order valence-electron chi connectivity index (χ3n) is 3.97. The lowest BCUT2D eigenvalue weighted by Gasteiger charge is -2.14. The first kappa shape index (κ1) is 18.4. The summed E-state index contributed by atoms with van der Waals surface area (Å²) in [6, 6.07) is 3.90. The molecule has 0 aromatic carbocycles. The average molecular weight is 372 g/mol. The van der Waals surface area contributed by atoms with Crippen LogP contribution in [0.15, 0.2) is 41.4 Å². The summed E-state index contributed by atoms with van der Waals surface area (Å²) < 4.78 is 5.90. The van der Waals surface area contributed by atoms with Crippen molar-refractivity contribution in [3.63, 3.8) is 0 Å². The number of thiazole rings is 1. The molecule has 2 aromatic rings. The van der Waals surface area contributed by atoms with Gasteiger partial charge >= 0.3 is 0 Å². The summed E-state index contributed by atoms with van der Waals surface area (Å²) in [6.45, 7) is 6.20. The van der Waals surface area contributed by atoms with E-state index in [0.29, 0.717) is 12.5 Å². The number of allylic oxidation sites excluding steroid dienone is 1. The lowest BCUT2D eigenvalue weighted by molar-refractivity contribution is 0.295. The van der Waals surface area contributed by atoms with Crippen molar-refractivity contribution in [3.05, 3.63) is 36.4 Å². The highest BCUT2D eigenvalue weighted by atomic mass is 32.1. The summed E-state index contributed by atoms with van der Waals surface area (Å²) in [5.41, 5.74) is 1.78. The topological polar surface area (TPSA) is 71.4 Å². The van der Waals surface area contributed by atoms with Crippen LogP contribution in [0.1, 0.15) is 32.1 Å². The van der Waals surface area contributed by atoms with Crippen molar-refractivity contribution in [2.24, 2.45) is 4.99 Å². The van der Waals surface area contributed by atoms with Crippen LogP contribution in [0.3, 0.4) is 0 Å². The average Bonchev–Trinajstić information content (AvgIpc) is 3.14. The fourth-order valence-corrected chi connectivity index (χ4v) is 3.32. The van der Waals surface area contributed by atoms with Crippen LogP contribution in [-0.2, 0) is 0 Å². The van der Waals surface area contributed by atoms with E-state index in [2.05, 4.69) is 32.2 Å². The Morgan fingerprint density at radius 3 is 3.15 bits per heavy atom. The van der Waals surface area contributed by atoms with Crippen LogP contribution in [-0.4, -0.2) is 35.6 Å². The molecule has 0 unspecified atom stereocenters. The van der Waals surface area contributed by atoms with Crippen molar-refractivity contribution in [2.75, 3.05) is 25.0 Å². The Balaban J connectivity index is 1.60. The third kappa shape index (κ3) is 5.29. The van der Waals surface area contributed by atoms with Gasteiger partial charge in [-0.05, 0) is 44.2 Å². The minimum Gasteiger partial charge on any atom is -0.477 e. The van der Waals surface area contributed by atoms with Gasteiger partial charge < -0.3 is 15.4 Å². The molecule has 0 aliphatic carbocycles. The quantitative estimate of drug-likeness (QED) is 0.513. The zero-order valence-electron chi connectivity index (χ0n) is 14.9. The molecule has 3 heterocycles. The van der Waals surface area contributed by atoms with E-state index in [4.69, 9.17) is 4.74 Å². The van der Waals surface area contributed by atoms with Crippen LogP contribution in [0.2, 0.25) is 0 Å². The number of aliphatic imine (C=N–C) groups is 1. The van der Waals surface area contributed by atoms with Gasteiger partial charge in [0.15, 0.2) is 11.1 Å². The lowest BCUT2D eigenvalue weighted by Crippen LogP contribution is -2.35. The van der Waals surface area contributed by atoms with E-state index in [1.807, 2.05) is 23.6 Å². The maximum absolute atomic E-state index is 5.90. The molecule has 0 bridgehead atoms. The van der Waals surface area contributed by atoms with E-state index in [-0.39, 0.29) is 0 Å². The molecule has 2 aromatic heterocycles. The molecule has 0 radical (unpaired) electrons. The van der Waals surface area contributed by atoms with E-state index in [0.717, 1.165) is 67.5 Å². The molecule has 138 valence electrons. The van der Waals surface area contributed by atoms with Gasteiger partial charge in [0.1, 0.15) is 0 Å². The first-order valence-corrected chi connectivity index (χ1v) is 9.95. The molecule has 0 saturated carbocycles. The number of nitrogens with one attached hydrogen (secondary N) is 2. The number of rotatable bonds is 9. The van der Waals surface area contributed by atoms with E-state index in [1.165, 1.54) is 0 Å². The highest BCUT2D eigenvalue weighted by Gasteiger charge is 2.13. The fourth-order valence-electron chi connectivity index (χ4n) is 2.61. The van der Waals surface area contributed by atoms with Gasteiger partial charge in [-0.1, -0.05) is 6.08 Å². The minimum atomic E-state index is 0.640. The maximum atomic E-state index is 5.90. The molecule has 2 N–H and O–H groups in total. The molecule has 0 saturated heterocycles. The number of hydrogen-bond acceptors (Lipinski definition) is 7. The number of ether oxygens (including phenoxy) is 1. The van der Waals surface area contributed by atoms with E-state index in [9.17, 15) is 0 Å². The van der Waals surface area contributed by atoms with E-state index >= 15 is 0 Å². The predicted octanol–water partition coefficient (Wildman–Crippen LogP) is 4.09. The Morgan fingerprint density at radius 2 is 2.31 bits per heavy atom. The SMILES string of the molecule is C=CCCCCCOc1ncccc1-c1csc(NC2=NCCCN2)n1. The van der Waals surface area contributed by atoms with Gasteiger partial charge in [-0.3, -0.25) is 4.99 Å². The van der Waals surface area contributed by atoms with Gasteiger partial charge in [0.25, 0.3) is 0 Å².